The average molecular weight is 530 g/mol. The van der Waals surface area contributed by atoms with E-state index in [4.69, 9.17) is 19.3 Å². The van der Waals surface area contributed by atoms with Crippen molar-refractivity contribution in [1.29, 1.82) is 0 Å². The Bertz CT molecular complexity index is 1350. The third kappa shape index (κ3) is 8.18. The van der Waals surface area contributed by atoms with Gasteiger partial charge in [-0.25, -0.2) is 9.18 Å². The molecule has 1 saturated heterocycles. The predicted octanol–water partition coefficient (Wildman–Crippen LogP) is 5.18. The number of carboxylic acid groups (broad SMARTS) is 1. The molecule has 1 N–H and O–H groups in total. The molecule has 0 aromatic heterocycles. The van der Waals surface area contributed by atoms with E-state index in [0.29, 0.717) is 18.0 Å². The standard InChI is InChI=1S/C32H32FNO5/c1-23-22-29(13-14-31(23)39-24(2)32(35)36)38-19-15-30(27-9-11-28(33)12-10-27)26-7-5-25(6-8-26)4-3-16-34-17-20-37-21-18-34/h5-15,22,24H,16-21H2,1-2H3,(H,35,36)/b30-15-. The number of carboxylic acids is 1. The van der Waals surface area contributed by atoms with E-state index in [-0.39, 0.29) is 12.4 Å². The van der Waals surface area contributed by atoms with Crippen molar-refractivity contribution < 1.29 is 28.5 Å². The molecule has 202 valence electrons. The molecule has 3 aromatic rings. The highest BCUT2D eigenvalue weighted by atomic mass is 19.1. The number of rotatable bonds is 9. The zero-order valence-electron chi connectivity index (χ0n) is 22.2. The minimum absolute atomic E-state index is 0.277. The second-order valence-corrected chi connectivity index (χ2v) is 9.23. The van der Waals surface area contributed by atoms with Gasteiger partial charge < -0.3 is 19.3 Å². The predicted molar refractivity (Wildman–Crippen MR) is 148 cm³/mol. The molecule has 39 heavy (non-hydrogen) atoms. The van der Waals surface area contributed by atoms with Crippen LogP contribution in [0.5, 0.6) is 11.5 Å². The normalized spacial score (nSPS) is 14.7. The summed E-state index contributed by atoms with van der Waals surface area (Å²) in [6, 6.07) is 19.6. The molecule has 0 saturated carbocycles. The summed E-state index contributed by atoms with van der Waals surface area (Å²) in [6.07, 6.45) is 1.01. The fourth-order valence-electron chi connectivity index (χ4n) is 4.08. The molecule has 1 aliphatic heterocycles. The Morgan fingerprint density at radius 2 is 1.74 bits per heavy atom. The molecular weight excluding hydrogens is 497 g/mol. The van der Waals surface area contributed by atoms with Gasteiger partial charge in [-0.3, -0.25) is 4.90 Å². The van der Waals surface area contributed by atoms with Gasteiger partial charge >= 0.3 is 5.97 Å². The molecule has 6 nitrogen and oxygen atoms in total. The van der Waals surface area contributed by atoms with Crippen molar-refractivity contribution in [2.75, 3.05) is 39.5 Å². The second kappa shape index (κ2) is 13.6. The van der Waals surface area contributed by atoms with Crippen LogP contribution in [0.2, 0.25) is 0 Å². The fraction of sp³-hybridized carbons (Fsp3) is 0.281. The molecule has 7 heteroatoms. The Balaban J connectivity index is 1.46. The highest BCUT2D eigenvalue weighted by molar-refractivity contribution is 5.80. The summed E-state index contributed by atoms with van der Waals surface area (Å²) in [7, 11) is 0. The molecule has 1 aliphatic rings. The molecule has 0 bridgehead atoms. The summed E-state index contributed by atoms with van der Waals surface area (Å²) in [6.45, 7) is 7.63. The summed E-state index contributed by atoms with van der Waals surface area (Å²) >= 11 is 0. The quantitative estimate of drug-likeness (QED) is 0.386. The summed E-state index contributed by atoms with van der Waals surface area (Å²) in [5.74, 6) is 6.27. The van der Waals surface area contributed by atoms with Crippen LogP contribution in [0.25, 0.3) is 5.57 Å². The third-order valence-electron chi connectivity index (χ3n) is 6.33. The van der Waals surface area contributed by atoms with E-state index in [1.165, 1.54) is 19.1 Å². The van der Waals surface area contributed by atoms with Crippen molar-refractivity contribution in [3.63, 3.8) is 0 Å². The van der Waals surface area contributed by atoms with E-state index in [1.807, 2.05) is 37.3 Å². The summed E-state index contributed by atoms with van der Waals surface area (Å²) in [4.78, 5) is 13.4. The van der Waals surface area contributed by atoms with Crippen LogP contribution in [0.15, 0.2) is 72.8 Å². The number of ether oxygens (including phenoxy) is 3. The van der Waals surface area contributed by atoms with Crippen molar-refractivity contribution in [2.24, 2.45) is 0 Å². The zero-order valence-corrected chi connectivity index (χ0v) is 22.2. The number of halogens is 1. The van der Waals surface area contributed by atoms with Crippen molar-refractivity contribution in [3.05, 3.63) is 101 Å². The van der Waals surface area contributed by atoms with Crippen LogP contribution in [-0.4, -0.2) is 61.5 Å². The molecule has 3 aromatic carbocycles. The van der Waals surface area contributed by atoms with E-state index in [1.54, 1.807) is 30.3 Å². The van der Waals surface area contributed by atoms with E-state index in [0.717, 1.165) is 54.1 Å². The molecule has 1 unspecified atom stereocenters. The number of hydrogen-bond donors (Lipinski definition) is 1. The van der Waals surface area contributed by atoms with Gasteiger partial charge in [0.15, 0.2) is 6.10 Å². The topological polar surface area (TPSA) is 68.2 Å². The lowest BCUT2D eigenvalue weighted by Gasteiger charge is -2.24. The first-order valence-electron chi connectivity index (χ1n) is 12.9. The van der Waals surface area contributed by atoms with Gasteiger partial charge in [-0.15, -0.1) is 0 Å². The van der Waals surface area contributed by atoms with Crippen molar-refractivity contribution in [3.8, 4) is 23.3 Å². The number of hydrogen-bond acceptors (Lipinski definition) is 5. The van der Waals surface area contributed by atoms with Crippen LogP contribution < -0.4 is 9.47 Å². The van der Waals surface area contributed by atoms with Crippen LogP contribution in [0.3, 0.4) is 0 Å². The smallest absolute Gasteiger partial charge is 0.344 e. The molecule has 0 aliphatic carbocycles. The lowest BCUT2D eigenvalue weighted by atomic mass is 9.96. The van der Waals surface area contributed by atoms with Crippen LogP contribution in [0, 0.1) is 24.6 Å². The molecule has 1 atom stereocenters. The lowest BCUT2D eigenvalue weighted by Crippen LogP contribution is -2.36. The van der Waals surface area contributed by atoms with Gasteiger partial charge in [0.1, 0.15) is 23.9 Å². The Morgan fingerprint density at radius 1 is 1.08 bits per heavy atom. The number of carbonyl (C=O) groups is 1. The second-order valence-electron chi connectivity index (χ2n) is 9.23. The maximum atomic E-state index is 13.6. The number of nitrogens with zero attached hydrogens (tertiary/aromatic N) is 1. The van der Waals surface area contributed by atoms with E-state index < -0.39 is 12.1 Å². The molecule has 0 amide bonds. The first-order chi connectivity index (χ1) is 18.9. The van der Waals surface area contributed by atoms with Gasteiger partial charge in [0.2, 0.25) is 0 Å². The first-order valence-corrected chi connectivity index (χ1v) is 12.9. The van der Waals surface area contributed by atoms with E-state index >= 15 is 0 Å². The third-order valence-corrected chi connectivity index (χ3v) is 6.33. The molecule has 4 rings (SSSR count). The first kappa shape index (κ1) is 27.9. The SMILES string of the molecule is Cc1cc(OC/C=C(\c2ccc(F)cc2)c2ccc(C#CCN3CCOCC3)cc2)ccc1OC(C)C(=O)O. The Labute approximate surface area is 228 Å². The summed E-state index contributed by atoms with van der Waals surface area (Å²) in [5.41, 5.74) is 4.44. The van der Waals surface area contributed by atoms with Crippen LogP contribution in [0.4, 0.5) is 4.39 Å². The van der Waals surface area contributed by atoms with E-state index in [2.05, 4.69) is 16.7 Å². The largest absolute Gasteiger partial charge is 0.489 e. The molecule has 0 radical (unpaired) electrons. The van der Waals surface area contributed by atoms with Crippen LogP contribution in [-0.2, 0) is 9.53 Å². The van der Waals surface area contributed by atoms with Gasteiger partial charge in [-0.05, 0) is 84.7 Å². The van der Waals surface area contributed by atoms with Crippen LogP contribution >= 0.6 is 0 Å². The number of morpholine rings is 1. The molecule has 0 spiro atoms. The highest BCUT2D eigenvalue weighted by Gasteiger charge is 2.14. The maximum absolute atomic E-state index is 13.6. The fourth-order valence-corrected chi connectivity index (χ4v) is 4.08. The zero-order chi connectivity index (χ0) is 27.6. The Kier molecular flexibility index (Phi) is 9.74. The molecular formula is C32H32FNO5. The van der Waals surface area contributed by atoms with Gasteiger partial charge in [-0.1, -0.05) is 36.1 Å². The van der Waals surface area contributed by atoms with Gasteiger partial charge in [0.25, 0.3) is 0 Å². The van der Waals surface area contributed by atoms with Gasteiger partial charge in [-0.2, -0.15) is 0 Å². The molecule has 1 heterocycles. The lowest BCUT2D eigenvalue weighted by molar-refractivity contribution is -0.144. The minimum Gasteiger partial charge on any atom is -0.489 e. The number of aryl methyl sites for hydroxylation is 1. The van der Waals surface area contributed by atoms with Crippen LogP contribution in [0.1, 0.15) is 29.2 Å². The van der Waals surface area contributed by atoms with Gasteiger partial charge in [0, 0.05) is 18.7 Å². The Morgan fingerprint density at radius 3 is 2.38 bits per heavy atom. The van der Waals surface area contributed by atoms with E-state index in [9.17, 15) is 9.18 Å². The highest BCUT2D eigenvalue weighted by Crippen LogP contribution is 2.26. The maximum Gasteiger partial charge on any atom is 0.344 e. The average Bonchev–Trinajstić information content (AvgIpc) is 2.94. The van der Waals surface area contributed by atoms with Crippen molar-refractivity contribution in [2.45, 2.75) is 20.0 Å². The monoisotopic (exact) mass is 529 g/mol. The Hall–Kier alpha value is -4.12. The van der Waals surface area contributed by atoms with Gasteiger partial charge in [0.05, 0.1) is 19.8 Å². The van der Waals surface area contributed by atoms with Crippen molar-refractivity contribution in [1.82, 2.24) is 4.90 Å². The number of aliphatic carboxylic acids is 1. The molecule has 1 fully saturated rings. The summed E-state index contributed by atoms with van der Waals surface area (Å²) in [5, 5.41) is 9.07. The minimum atomic E-state index is -1.03. The number of benzene rings is 3. The summed E-state index contributed by atoms with van der Waals surface area (Å²) < 4.78 is 30.4. The van der Waals surface area contributed by atoms with Crippen molar-refractivity contribution >= 4 is 11.5 Å².